The van der Waals surface area contributed by atoms with E-state index >= 15 is 24.0 Å². The van der Waals surface area contributed by atoms with E-state index in [2.05, 4.69) is 31.9 Å². The zero-order valence-corrected chi connectivity index (χ0v) is 72.8. The summed E-state index contributed by atoms with van der Waals surface area (Å²) in [5.74, 6) is -18.7. The number of rotatable bonds is 29. The van der Waals surface area contributed by atoms with Crippen LogP contribution in [0.15, 0.2) is 115 Å². The summed E-state index contributed by atoms with van der Waals surface area (Å²) in [6.07, 6.45) is -30.9. The Hall–Kier alpha value is -10.6. The molecular formula is C91H107Cl2N7O30. The number of ether oxygens (including phenoxy) is 7. The Morgan fingerprint density at radius 1 is 0.715 bits per heavy atom. The van der Waals surface area contributed by atoms with Crippen LogP contribution in [0.4, 0.5) is 0 Å². The molecule has 5 unspecified atom stereocenters. The predicted molar refractivity (Wildman–Crippen MR) is 461 cm³/mol. The van der Waals surface area contributed by atoms with Gasteiger partial charge in [0.25, 0.3) is 6.47 Å². The maximum Gasteiger partial charge on any atom is 0.295 e. The van der Waals surface area contributed by atoms with E-state index in [9.17, 15) is 90.7 Å². The smallest absolute Gasteiger partial charge is 0.295 e. The molecule has 11 bridgehead atoms. The number of carbonyl (C=O) groups is 9. The Bertz CT molecular complexity index is 5340. The van der Waals surface area contributed by atoms with Crippen molar-refractivity contribution in [2.24, 2.45) is 23.5 Å². The molecule has 7 heterocycles. The number of phenols is 3. The number of fused-ring (bicyclic) bond motifs is 16. The van der Waals surface area contributed by atoms with Gasteiger partial charge in [0.2, 0.25) is 47.8 Å². The maximum atomic E-state index is 16.6. The molecule has 130 heavy (non-hydrogen) atoms. The standard InChI is InChI=1S/C91H107Cl2N7O30/c1-6-42(24-40(2)3)85(120)98-72-60(107)28-49(31-68(94)110)86(121)97-71-48-29-65(126-63-21-18-45(74(72)111)26-55(63)92)82(130-90-83(81(118)79(116)67(38-102)128-90)129-69-34-91(5,84(119)41(4)125-69)96-35-47-14-11-13-43-12-7-8-15-50(43)47)66(30-48)127-64-22-19-46(27-56(64)93)75(112)73-88(123)100-89(124-39-103)53-33-59(106)54(36-95-23-10-9-16-58(105)77(114)80(117)78(115)62(109)37-101)76(113)70(53)52-25-44(17-20-57(52)104)51(32-61(71)108)87(122)99-73/h7-8,11-15,17-22,25-27,29-30,33,39-42,49,51,62,67,69,71-75,77-81,83-84,89-90,95-96,101-102,104,106,109,111-119H,6,9-10,16,23-24,28,31-32,34-38H2,1-5H3,(H2,94,110)(H,97,121)(H,98,120)(H,99,122)(H,100,123)/t41?,42-,49+,51+,62-,67-,69+,71-,72+,73+,74-,75-,77+,78-,79?,80-,81?,83-,84-,89-,90?,91?/m1/s1. The number of hydrogen-bond acceptors (Lipinski definition) is 32. The van der Waals surface area contributed by atoms with Gasteiger partial charge in [0.1, 0.15) is 102 Å². The second-order valence-corrected chi connectivity index (χ2v) is 34.7. The first-order valence-corrected chi connectivity index (χ1v) is 43.2. The number of aromatic hydroxyl groups is 3. The first kappa shape index (κ1) is 98.4. The molecule has 700 valence electrons. The van der Waals surface area contributed by atoms with Crippen LogP contribution in [0, 0.1) is 17.8 Å². The van der Waals surface area contributed by atoms with Gasteiger partial charge < -0.3 is 142 Å². The summed E-state index contributed by atoms with van der Waals surface area (Å²) in [6.45, 7) is 6.42. The number of nitrogens with one attached hydrogen (secondary N) is 6. The van der Waals surface area contributed by atoms with Crippen LogP contribution in [-0.4, -0.2) is 236 Å². The molecular weight excluding hydrogens is 1740 g/mol. The van der Waals surface area contributed by atoms with Gasteiger partial charge in [-0.2, -0.15) is 0 Å². The third kappa shape index (κ3) is 22.1. The minimum absolute atomic E-state index is 0.00877. The second kappa shape index (κ2) is 42.7. The number of aliphatic hydroxyl groups excluding tert-OH is 11. The average Bonchev–Trinajstić information content (AvgIpc) is 0.754. The van der Waals surface area contributed by atoms with Crippen molar-refractivity contribution in [2.45, 2.75) is 227 Å². The number of unbranched alkanes of at least 4 members (excludes halogenated alkanes) is 1. The monoisotopic (exact) mass is 1850 g/mol. The van der Waals surface area contributed by atoms with E-state index in [1.807, 2.05) is 56.3 Å². The maximum absolute atomic E-state index is 16.6. The fourth-order valence-corrected chi connectivity index (χ4v) is 17.4. The van der Waals surface area contributed by atoms with Crippen molar-refractivity contribution in [3.05, 3.63) is 164 Å². The van der Waals surface area contributed by atoms with E-state index < -0.39 is 281 Å². The lowest BCUT2D eigenvalue weighted by Gasteiger charge is -2.48. The molecule has 2 saturated heterocycles. The lowest BCUT2D eigenvalue weighted by molar-refractivity contribution is -0.334. The molecule has 7 aliphatic rings. The van der Waals surface area contributed by atoms with Gasteiger partial charge in [-0.1, -0.05) is 105 Å². The van der Waals surface area contributed by atoms with E-state index in [-0.39, 0.29) is 96.4 Å². The highest BCUT2D eigenvalue weighted by molar-refractivity contribution is 6.32. The summed E-state index contributed by atoms with van der Waals surface area (Å²) in [4.78, 5) is 132. The summed E-state index contributed by atoms with van der Waals surface area (Å²) in [5, 5.41) is 177. The van der Waals surface area contributed by atoms with Gasteiger partial charge in [-0.3, -0.25) is 43.2 Å². The number of nitrogens with two attached hydrogens (primary N) is 1. The van der Waals surface area contributed by atoms with Crippen molar-refractivity contribution in [2.75, 3.05) is 19.8 Å². The number of amides is 5. The Labute approximate surface area is 755 Å². The van der Waals surface area contributed by atoms with Crippen molar-refractivity contribution in [3.63, 3.8) is 0 Å². The Kier molecular flexibility index (Phi) is 32.3. The number of benzene rings is 7. The summed E-state index contributed by atoms with van der Waals surface area (Å²) >= 11 is 14.5. The van der Waals surface area contributed by atoms with Crippen LogP contribution in [0.3, 0.4) is 0 Å². The van der Waals surface area contributed by atoms with Gasteiger partial charge in [-0.15, -0.1) is 0 Å². The summed E-state index contributed by atoms with van der Waals surface area (Å²) in [6, 6.07) is 20.5. The van der Waals surface area contributed by atoms with Crippen molar-refractivity contribution in [3.8, 4) is 57.1 Å². The number of phenolic OH excluding ortho intramolecular Hbond substituents is 3. The molecule has 7 aromatic rings. The van der Waals surface area contributed by atoms with E-state index in [1.54, 1.807) is 20.8 Å². The van der Waals surface area contributed by atoms with Crippen molar-refractivity contribution in [1.29, 1.82) is 0 Å². The molecule has 0 saturated carbocycles. The van der Waals surface area contributed by atoms with Gasteiger partial charge >= 0.3 is 0 Å². The number of ketones is 3. The first-order valence-electron chi connectivity index (χ1n) is 42.5. The molecule has 0 aliphatic carbocycles. The lowest BCUT2D eigenvalue weighted by Crippen LogP contribution is -2.65. The number of primary amides is 1. The lowest BCUT2D eigenvalue weighted by atomic mass is 9.84. The zero-order valence-electron chi connectivity index (χ0n) is 71.3. The van der Waals surface area contributed by atoms with Crippen LogP contribution in [-0.2, 0) is 75.2 Å². The Morgan fingerprint density at radius 2 is 1.38 bits per heavy atom. The molecule has 5 amide bonds. The van der Waals surface area contributed by atoms with Crippen LogP contribution in [0.1, 0.15) is 162 Å². The molecule has 39 heteroatoms. The third-order valence-electron chi connectivity index (χ3n) is 24.2. The fourth-order valence-electron chi connectivity index (χ4n) is 16.9. The summed E-state index contributed by atoms with van der Waals surface area (Å²) in [7, 11) is 0. The molecule has 22 N–H and O–H groups in total. The predicted octanol–water partition coefficient (Wildman–Crippen LogP) is 3.82. The zero-order chi connectivity index (χ0) is 94.2. The van der Waals surface area contributed by atoms with Crippen molar-refractivity contribution >= 4 is 87.3 Å². The Balaban J connectivity index is 1.02. The molecule has 7 aliphatic heterocycles. The highest BCUT2D eigenvalue weighted by Gasteiger charge is 2.53. The molecule has 0 radical (unpaired) electrons. The number of aliphatic hydroxyl groups is 11. The minimum atomic E-state index is -2.27. The van der Waals surface area contributed by atoms with Gasteiger partial charge in [-0.25, -0.2) is 0 Å². The SMILES string of the molecule is CC[C@H](CC(C)C)C(=O)N[C@H]1C(=O)C[C@@H](CC(N)=O)C(=O)N[C@H]2C(=O)C[C@@H]3C(=O)N[C@H](C(=O)N[C@H](OC=O)c4cc(O)c(CNCCCCC(=O)[C@H](O)[C@@H](O)[C@H](O)[C@H](O)CO)c(O)c4-c4cc3ccc4O)[C@H](O)c3ccc(c(Cl)c3)Oc3cc2cc(c3OC2O[C@H](CO)C(O)C(O)[C@H]2O[C@H]2CC(C)(NCc3cccc4ccccc34)[C@H](O)C(C)O2)Oc2ccc(cc2Cl)[C@H]1O. The molecule has 14 rings (SSSR count). The van der Waals surface area contributed by atoms with E-state index in [0.29, 0.717) is 6.42 Å². The number of hydrogen-bond donors (Lipinski definition) is 21. The van der Waals surface area contributed by atoms with Gasteiger partial charge in [0, 0.05) is 73.3 Å². The number of halogens is 2. The highest BCUT2D eigenvalue weighted by atomic mass is 35.5. The summed E-state index contributed by atoms with van der Waals surface area (Å²) < 4.78 is 45.3. The number of Topliss-reactive ketones (excluding diaryl/α,β-unsaturated/α-hetero) is 3. The van der Waals surface area contributed by atoms with Crippen LogP contribution in [0.25, 0.3) is 21.9 Å². The van der Waals surface area contributed by atoms with Crippen molar-refractivity contribution < 1.29 is 148 Å². The largest absolute Gasteiger partial charge is 0.507 e. The Morgan fingerprint density at radius 3 is 2.03 bits per heavy atom. The van der Waals surface area contributed by atoms with E-state index in [0.717, 1.165) is 64.9 Å². The molecule has 37 nitrogen and oxygen atoms in total. The van der Waals surface area contributed by atoms with Gasteiger partial charge in [0.15, 0.2) is 41.2 Å². The second-order valence-electron chi connectivity index (χ2n) is 33.8. The highest BCUT2D eigenvalue weighted by Crippen LogP contribution is 2.52. The van der Waals surface area contributed by atoms with E-state index in [4.69, 9.17) is 62.1 Å². The molecule has 7 aromatic carbocycles. The van der Waals surface area contributed by atoms with E-state index in [1.165, 1.54) is 24.3 Å². The summed E-state index contributed by atoms with van der Waals surface area (Å²) in [5.41, 5.74) is 2.67. The number of carbonyl (C=O) groups excluding carboxylic acids is 9. The van der Waals surface area contributed by atoms with Gasteiger partial charge in [0.05, 0.1) is 52.9 Å². The van der Waals surface area contributed by atoms with Crippen LogP contribution >= 0.6 is 23.2 Å². The van der Waals surface area contributed by atoms with Gasteiger partial charge in [-0.05, 0) is 145 Å². The van der Waals surface area contributed by atoms with Crippen LogP contribution in [0.2, 0.25) is 10.0 Å². The topological polar surface area (TPSA) is 600 Å². The first-order chi connectivity index (χ1) is 61.8. The van der Waals surface area contributed by atoms with Crippen molar-refractivity contribution in [1.82, 2.24) is 31.9 Å². The molecule has 0 spiro atoms. The minimum Gasteiger partial charge on any atom is -0.507 e. The fraction of sp³-hybridized carbons (Fsp3) is 0.462. The van der Waals surface area contributed by atoms with Crippen LogP contribution < -0.4 is 51.8 Å². The molecule has 2 fully saturated rings. The average molecular weight is 1850 g/mol. The van der Waals surface area contributed by atoms with Crippen LogP contribution in [0.5, 0.6) is 46.0 Å². The normalized spacial score (nSPS) is 26.6. The third-order valence-corrected chi connectivity index (χ3v) is 24.8. The molecule has 0 aromatic heterocycles. The molecule has 22 atom stereocenters. The quantitative estimate of drug-likeness (QED) is 0.0234.